The van der Waals surface area contributed by atoms with E-state index in [4.69, 9.17) is 4.74 Å². The number of carbonyl (C=O) groups is 2. The van der Waals surface area contributed by atoms with Crippen LogP contribution >= 0.6 is 10.6 Å². The molecule has 2 aromatic carbocycles. The summed E-state index contributed by atoms with van der Waals surface area (Å²) in [6.45, 7) is 6.19. The molecule has 2 aromatic rings. The van der Waals surface area contributed by atoms with Crippen LogP contribution in [0.5, 0.6) is 0 Å². The number of amides is 2. The van der Waals surface area contributed by atoms with Gasteiger partial charge in [-0.3, -0.25) is 13.9 Å². The minimum absolute atomic E-state index is 0.0211. The number of fused-ring (bicyclic) bond motifs is 1. The summed E-state index contributed by atoms with van der Waals surface area (Å²) >= 11 is 0. The summed E-state index contributed by atoms with van der Waals surface area (Å²) in [5.41, 5.74) is 4.68. The Balaban J connectivity index is 1.59. The molecule has 0 radical (unpaired) electrons. The topological polar surface area (TPSA) is 131 Å². The van der Waals surface area contributed by atoms with Gasteiger partial charge in [-0.15, -0.1) is 0 Å². The molecule has 2 heterocycles. The molecule has 0 aromatic heterocycles. The summed E-state index contributed by atoms with van der Waals surface area (Å²) in [5.74, 6) is -0.568. The summed E-state index contributed by atoms with van der Waals surface area (Å²) in [4.78, 5) is 26.8. The Morgan fingerprint density at radius 2 is 1.78 bits per heavy atom. The molecular weight excluding hydrogens is 494 g/mol. The van der Waals surface area contributed by atoms with E-state index in [0.29, 0.717) is 31.0 Å². The van der Waals surface area contributed by atoms with E-state index in [1.54, 1.807) is 12.1 Å². The predicted molar refractivity (Wildman–Crippen MR) is 148 cm³/mol. The summed E-state index contributed by atoms with van der Waals surface area (Å²) in [7, 11) is -2.64. The van der Waals surface area contributed by atoms with Crippen molar-refractivity contribution < 1.29 is 28.5 Å². The number of carboxylic acid groups (broad SMARTS) is 1. The lowest BCUT2D eigenvalue weighted by Gasteiger charge is -2.36. The average molecular weight is 532 g/mol. The third-order valence-electron chi connectivity index (χ3n) is 7.17. The van der Waals surface area contributed by atoms with Gasteiger partial charge in [0, 0.05) is 31.5 Å². The number of carboxylic acids is 1. The van der Waals surface area contributed by atoms with Crippen molar-refractivity contribution in [2.24, 2.45) is 0 Å². The number of anilines is 3. The van der Waals surface area contributed by atoms with Crippen molar-refractivity contribution >= 4 is 39.7 Å². The summed E-state index contributed by atoms with van der Waals surface area (Å²) in [6, 6.07) is 11.1. The number of hydrogen-bond acceptors (Lipinski definition) is 6. The number of carbonyl (C=O) groups excluding carboxylic acids is 1. The van der Waals surface area contributed by atoms with Gasteiger partial charge in [-0.2, -0.15) is 10.6 Å². The normalized spacial score (nSPS) is 18.5. The van der Waals surface area contributed by atoms with E-state index in [2.05, 4.69) is 22.5 Å². The first-order valence-corrected chi connectivity index (χ1v) is 14.7. The van der Waals surface area contributed by atoms with E-state index in [9.17, 15) is 23.8 Å². The summed E-state index contributed by atoms with van der Waals surface area (Å²) in [5, 5.41) is 15.3. The van der Waals surface area contributed by atoms with Gasteiger partial charge in [-0.05, 0) is 73.1 Å². The van der Waals surface area contributed by atoms with Gasteiger partial charge in [0.1, 0.15) is 0 Å². The van der Waals surface area contributed by atoms with E-state index in [1.165, 1.54) is 0 Å². The number of hydrogen-bond donors (Lipinski definition) is 5. The lowest BCUT2D eigenvalue weighted by atomic mass is 9.92. The molecule has 10 heteroatoms. The molecule has 2 aliphatic rings. The first kappa shape index (κ1) is 27.3. The van der Waals surface area contributed by atoms with Crippen LogP contribution in [-0.4, -0.2) is 52.0 Å². The molecule has 1 saturated heterocycles. The Morgan fingerprint density at radius 1 is 1.05 bits per heavy atom. The smallest absolute Gasteiger partial charge is 0.323 e. The van der Waals surface area contributed by atoms with Crippen molar-refractivity contribution in [2.45, 2.75) is 63.0 Å². The zero-order valence-electron chi connectivity index (χ0n) is 21.4. The first-order chi connectivity index (χ1) is 17.7. The summed E-state index contributed by atoms with van der Waals surface area (Å²) in [6.07, 6.45) is 2.48. The Hall–Kier alpha value is -2.79. The van der Waals surface area contributed by atoms with Crippen molar-refractivity contribution in [1.82, 2.24) is 0 Å². The third kappa shape index (κ3) is 6.75. The highest BCUT2D eigenvalue weighted by atomic mass is 32.3. The van der Waals surface area contributed by atoms with E-state index in [-0.39, 0.29) is 29.9 Å². The molecule has 2 aliphatic heterocycles. The number of nitrogens with one attached hydrogen (secondary N) is 2. The van der Waals surface area contributed by atoms with E-state index in [1.807, 2.05) is 31.2 Å². The lowest BCUT2D eigenvalue weighted by molar-refractivity contribution is -0.137. The fourth-order valence-electron chi connectivity index (χ4n) is 5.30. The molecule has 202 valence electrons. The molecule has 0 bridgehead atoms. The third-order valence-corrected chi connectivity index (χ3v) is 8.72. The minimum Gasteiger partial charge on any atom is -0.481 e. The molecule has 0 spiro atoms. The van der Waals surface area contributed by atoms with Crippen LogP contribution in [0, 0.1) is 0 Å². The van der Waals surface area contributed by atoms with Gasteiger partial charge in [0.05, 0.1) is 29.3 Å². The molecule has 1 atom stereocenters. The number of benzene rings is 2. The maximum atomic E-state index is 13.1. The van der Waals surface area contributed by atoms with Crippen molar-refractivity contribution in [3.8, 4) is 0 Å². The highest BCUT2D eigenvalue weighted by Gasteiger charge is 2.26. The van der Waals surface area contributed by atoms with Crippen molar-refractivity contribution in [3.63, 3.8) is 0 Å². The van der Waals surface area contributed by atoms with Gasteiger partial charge >= 0.3 is 12.0 Å². The highest BCUT2D eigenvalue weighted by Crippen LogP contribution is 2.52. The van der Waals surface area contributed by atoms with Crippen LogP contribution in [0.3, 0.4) is 0 Å². The maximum Gasteiger partial charge on any atom is 0.323 e. The van der Waals surface area contributed by atoms with Crippen LogP contribution in [0.1, 0.15) is 62.1 Å². The fourth-order valence-corrected chi connectivity index (χ4v) is 6.95. The maximum absolute atomic E-state index is 13.1. The van der Waals surface area contributed by atoms with Crippen LogP contribution in [0.25, 0.3) is 0 Å². The van der Waals surface area contributed by atoms with E-state index >= 15 is 0 Å². The SMILES string of the molecule is CCC(CC(=O)O)c1ccc(N(CC)C2CCOCC2)c(NC(=O)Nc2ccc3c(c2)CS(O)(O)C3)c1. The molecule has 0 saturated carbocycles. The lowest BCUT2D eigenvalue weighted by Crippen LogP contribution is -2.40. The van der Waals surface area contributed by atoms with Gasteiger partial charge in [-0.25, -0.2) is 4.79 Å². The standard InChI is InChI=1S/C27H37N3O6S/c1-3-18(15-26(31)32)19-6-8-25(30(4-2)23-9-11-36-12-10-23)24(14-19)29-27(33)28-22-7-5-20-16-37(34,35)17-21(20)13-22/h5-8,13-14,18,23,34-35H,3-4,9-12,15-17H2,1-2H3,(H,31,32)(H2,28,29,33). The second-order valence-corrected chi connectivity index (χ2v) is 11.9. The van der Waals surface area contributed by atoms with Crippen molar-refractivity contribution in [3.05, 3.63) is 53.1 Å². The van der Waals surface area contributed by atoms with Crippen molar-refractivity contribution in [1.29, 1.82) is 0 Å². The van der Waals surface area contributed by atoms with E-state index < -0.39 is 22.6 Å². The van der Waals surface area contributed by atoms with Gasteiger partial charge in [-0.1, -0.05) is 19.1 Å². The van der Waals surface area contributed by atoms with E-state index in [0.717, 1.165) is 41.8 Å². The molecule has 2 amide bonds. The Morgan fingerprint density at radius 3 is 2.46 bits per heavy atom. The molecule has 1 fully saturated rings. The average Bonchev–Trinajstić information content (AvgIpc) is 3.17. The second kappa shape index (κ2) is 11.7. The van der Waals surface area contributed by atoms with Crippen LogP contribution in [0.4, 0.5) is 21.9 Å². The predicted octanol–water partition coefficient (Wildman–Crippen LogP) is 6.07. The van der Waals surface area contributed by atoms with Crippen LogP contribution in [-0.2, 0) is 21.0 Å². The number of urea groups is 1. The molecule has 37 heavy (non-hydrogen) atoms. The molecular formula is C27H37N3O6S. The summed E-state index contributed by atoms with van der Waals surface area (Å²) < 4.78 is 25.6. The minimum atomic E-state index is -2.64. The molecule has 9 nitrogen and oxygen atoms in total. The highest BCUT2D eigenvalue weighted by molar-refractivity contribution is 8.23. The Labute approximate surface area is 219 Å². The first-order valence-electron chi connectivity index (χ1n) is 12.8. The largest absolute Gasteiger partial charge is 0.481 e. The zero-order valence-corrected chi connectivity index (χ0v) is 22.2. The van der Waals surface area contributed by atoms with Gasteiger partial charge < -0.3 is 25.4 Å². The Kier molecular flexibility index (Phi) is 8.63. The number of aliphatic carboxylic acids is 1. The zero-order chi connectivity index (χ0) is 26.6. The molecule has 5 N–H and O–H groups in total. The second-order valence-electron chi connectivity index (χ2n) is 9.76. The van der Waals surface area contributed by atoms with Crippen LogP contribution < -0.4 is 15.5 Å². The molecule has 0 aliphatic carbocycles. The number of nitrogens with zero attached hydrogens (tertiary/aromatic N) is 1. The number of rotatable bonds is 9. The van der Waals surface area contributed by atoms with Crippen molar-refractivity contribution in [2.75, 3.05) is 35.3 Å². The van der Waals surface area contributed by atoms with Crippen LogP contribution in [0.15, 0.2) is 36.4 Å². The quantitative estimate of drug-likeness (QED) is 0.265. The van der Waals surface area contributed by atoms with Gasteiger partial charge in [0.2, 0.25) is 0 Å². The molecule has 1 unspecified atom stereocenters. The monoisotopic (exact) mass is 531 g/mol. The fraction of sp³-hybridized carbons (Fsp3) is 0.481. The van der Waals surface area contributed by atoms with Gasteiger partial charge in [0.25, 0.3) is 0 Å². The number of ether oxygens (including phenoxy) is 1. The van der Waals surface area contributed by atoms with Gasteiger partial charge in [0.15, 0.2) is 0 Å². The van der Waals surface area contributed by atoms with Crippen LogP contribution in [0.2, 0.25) is 0 Å². The Bertz CT molecular complexity index is 1140. The molecule has 4 rings (SSSR count).